The molecule has 1 aliphatic rings. The Morgan fingerprint density at radius 2 is 2.18 bits per heavy atom. The Morgan fingerprint density at radius 1 is 1.35 bits per heavy atom. The molecule has 0 aromatic heterocycles. The fraction of sp³-hybridized carbons (Fsp3) is 1.00. The number of rotatable bonds is 9. The van der Waals surface area contributed by atoms with Crippen LogP contribution in [-0.4, -0.2) is 31.8 Å². The van der Waals surface area contributed by atoms with Gasteiger partial charge in [-0.3, -0.25) is 0 Å². The normalized spacial score (nSPS) is 26.3. The molecule has 1 heterocycles. The molecular weight excluding hydrogens is 212 g/mol. The Labute approximate surface area is 106 Å². The summed E-state index contributed by atoms with van der Waals surface area (Å²) in [6, 6.07) is 0. The van der Waals surface area contributed by atoms with E-state index in [0.29, 0.717) is 0 Å². The van der Waals surface area contributed by atoms with Crippen molar-refractivity contribution in [2.75, 3.05) is 26.3 Å². The summed E-state index contributed by atoms with van der Waals surface area (Å²) in [5, 5.41) is 3.64. The van der Waals surface area contributed by atoms with Gasteiger partial charge in [0.1, 0.15) is 0 Å². The van der Waals surface area contributed by atoms with Crippen molar-refractivity contribution in [2.24, 2.45) is 11.7 Å². The monoisotopic (exact) mass is 242 g/mol. The molecule has 1 fully saturated rings. The predicted octanol–water partition coefficient (Wildman–Crippen LogP) is 2.30. The molecule has 1 rings (SSSR count). The molecule has 1 aliphatic heterocycles. The lowest BCUT2D eigenvalue weighted by molar-refractivity contribution is 0.171. The SMILES string of the molecule is CCCC(CCN)CCCNC1(C)CCOC1. The summed E-state index contributed by atoms with van der Waals surface area (Å²) in [5.41, 5.74) is 5.88. The molecule has 2 unspecified atom stereocenters. The Kier molecular flexibility index (Phi) is 7.09. The first kappa shape index (κ1) is 14.9. The topological polar surface area (TPSA) is 47.3 Å². The van der Waals surface area contributed by atoms with Gasteiger partial charge in [0.15, 0.2) is 0 Å². The van der Waals surface area contributed by atoms with E-state index in [4.69, 9.17) is 10.5 Å². The fourth-order valence-corrected chi connectivity index (χ4v) is 2.66. The zero-order valence-corrected chi connectivity index (χ0v) is 11.6. The van der Waals surface area contributed by atoms with E-state index in [0.717, 1.165) is 38.6 Å². The van der Waals surface area contributed by atoms with Gasteiger partial charge in [-0.25, -0.2) is 0 Å². The highest BCUT2D eigenvalue weighted by atomic mass is 16.5. The highest BCUT2D eigenvalue weighted by molar-refractivity contribution is 4.86. The molecule has 0 radical (unpaired) electrons. The number of hydrogen-bond donors (Lipinski definition) is 2. The van der Waals surface area contributed by atoms with Crippen molar-refractivity contribution in [3.63, 3.8) is 0 Å². The summed E-state index contributed by atoms with van der Waals surface area (Å²) < 4.78 is 5.44. The summed E-state index contributed by atoms with van der Waals surface area (Å²) >= 11 is 0. The molecule has 0 aromatic carbocycles. The minimum Gasteiger partial charge on any atom is -0.379 e. The van der Waals surface area contributed by atoms with Crippen molar-refractivity contribution in [3.8, 4) is 0 Å². The highest BCUT2D eigenvalue weighted by Crippen LogP contribution is 2.19. The first-order valence-electron chi connectivity index (χ1n) is 7.23. The van der Waals surface area contributed by atoms with Crippen LogP contribution >= 0.6 is 0 Å². The van der Waals surface area contributed by atoms with E-state index in [9.17, 15) is 0 Å². The van der Waals surface area contributed by atoms with Crippen LogP contribution in [0.1, 0.15) is 52.4 Å². The second-order valence-corrected chi connectivity index (χ2v) is 5.66. The lowest BCUT2D eigenvalue weighted by Crippen LogP contribution is -2.43. The maximum absolute atomic E-state index is 5.65. The molecule has 0 bridgehead atoms. The molecule has 3 heteroatoms. The summed E-state index contributed by atoms with van der Waals surface area (Å²) in [6.07, 6.45) is 7.53. The zero-order chi connectivity index (χ0) is 12.6. The van der Waals surface area contributed by atoms with Crippen LogP contribution in [0.5, 0.6) is 0 Å². The van der Waals surface area contributed by atoms with Crippen LogP contribution in [0.15, 0.2) is 0 Å². The average Bonchev–Trinajstić information content (AvgIpc) is 2.72. The maximum Gasteiger partial charge on any atom is 0.0646 e. The first-order valence-corrected chi connectivity index (χ1v) is 7.23. The molecular formula is C14H30N2O. The standard InChI is InChI=1S/C14H30N2O/c1-3-5-13(7-9-15)6-4-10-16-14(2)8-11-17-12-14/h13,16H,3-12,15H2,1-2H3. The molecule has 102 valence electrons. The van der Waals surface area contributed by atoms with Gasteiger partial charge in [0.05, 0.1) is 6.61 Å². The van der Waals surface area contributed by atoms with Gasteiger partial charge in [-0.05, 0) is 51.6 Å². The Balaban J connectivity index is 2.08. The summed E-state index contributed by atoms with van der Waals surface area (Å²) in [6.45, 7) is 8.26. The second kappa shape index (κ2) is 8.06. The maximum atomic E-state index is 5.65. The number of ether oxygens (including phenoxy) is 1. The van der Waals surface area contributed by atoms with Crippen molar-refractivity contribution < 1.29 is 4.74 Å². The van der Waals surface area contributed by atoms with Crippen LogP contribution < -0.4 is 11.1 Å². The van der Waals surface area contributed by atoms with Crippen molar-refractivity contribution in [1.29, 1.82) is 0 Å². The van der Waals surface area contributed by atoms with E-state index in [1.165, 1.54) is 32.1 Å². The minimum absolute atomic E-state index is 0.230. The zero-order valence-electron chi connectivity index (χ0n) is 11.6. The average molecular weight is 242 g/mol. The van der Waals surface area contributed by atoms with Crippen LogP contribution in [0.3, 0.4) is 0 Å². The van der Waals surface area contributed by atoms with Gasteiger partial charge in [-0.1, -0.05) is 19.8 Å². The lowest BCUT2D eigenvalue weighted by atomic mass is 9.94. The van der Waals surface area contributed by atoms with Gasteiger partial charge in [-0.2, -0.15) is 0 Å². The molecule has 3 nitrogen and oxygen atoms in total. The molecule has 0 aromatic rings. The van der Waals surface area contributed by atoms with E-state index >= 15 is 0 Å². The van der Waals surface area contributed by atoms with E-state index in [1.54, 1.807) is 0 Å². The molecule has 0 aliphatic carbocycles. The molecule has 3 N–H and O–H groups in total. The molecule has 17 heavy (non-hydrogen) atoms. The smallest absolute Gasteiger partial charge is 0.0646 e. The molecule has 0 saturated carbocycles. The number of hydrogen-bond acceptors (Lipinski definition) is 3. The Hall–Kier alpha value is -0.120. The van der Waals surface area contributed by atoms with Crippen molar-refractivity contribution >= 4 is 0 Å². The first-order chi connectivity index (χ1) is 8.20. The van der Waals surface area contributed by atoms with Crippen LogP contribution in [0.25, 0.3) is 0 Å². The third-order valence-electron chi connectivity index (χ3n) is 3.83. The molecule has 0 amide bonds. The predicted molar refractivity (Wildman–Crippen MR) is 73.1 cm³/mol. The minimum atomic E-state index is 0.230. The van der Waals surface area contributed by atoms with Gasteiger partial charge in [0, 0.05) is 12.1 Å². The molecule has 0 spiro atoms. The quantitative estimate of drug-likeness (QED) is 0.610. The van der Waals surface area contributed by atoms with Crippen LogP contribution in [0.4, 0.5) is 0 Å². The molecule has 1 saturated heterocycles. The Bertz CT molecular complexity index is 185. The fourth-order valence-electron chi connectivity index (χ4n) is 2.66. The summed E-state index contributed by atoms with van der Waals surface area (Å²) in [5.74, 6) is 0.833. The lowest BCUT2D eigenvalue weighted by Gasteiger charge is -2.24. The highest BCUT2D eigenvalue weighted by Gasteiger charge is 2.28. The van der Waals surface area contributed by atoms with Crippen LogP contribution in [0, 0.1) is 5.92 Å². The van der Waals surface area contributed by atoms with Gasteiger partial charge < -0.3 is 15.8 Å². The van der Waals surface area contributed by atoms with Crippen LogP contribution in [-0.2, 0) is 4.74 Å². The number of nitrogens with one attached hydrogen (secondary N) is 1. The van der Waals surface area contributed by atoms with Crippen molar-refractivity contribution in [2.45, 2.75) is 57.9 Å². The van der Waals surface area contributed by atoms with Crippen molar-refractivity contribution in [3.05, 3.63) is 0 Å². The van der Waals surface area contributed by atoms with Crippen molar-refractivity contribution in [1.82, 2.24) is 5.32 Å². The summed E-state index contributed by atoms with van der Waals surface area (Å²) in [7, 11) is 0. The van der Waals surface area contributed by atoms with E-state index in [2.05, 4.69) is 19.2 Å². The third kappa shape index (κ3) is 5.84. The van der Waals surface area contributed by atoms with Crippen LogP contribution in [0.2, 0.25) is 0 Å². The molecule has 2 atom stereocenters. The largest absolute Gasteiger partial charge is 0.379 e. The van der Waals surface area contributed by atoms with E-state index in [1.807, 2.05) is 0 Å². The van der Waals surface area contributed by atoms with Gasteiger partial charge in [0.2, 0.25) is 0 Å². The second-order valence-electron chi connectivity index (χ2n) is 5.66. The van der Waals surface area contributed by atoms with E-state index in [-0.39, 0.29) is 5.54 Å². The van der Waals surface area contributed by atoms with Gasteiger partial charge in [-0.15, -0.1) is 0 Å². The number of nitrogens with two attached hydrogens (primary N) is 1. The Morgan fingerprint density at radius 3 is 2.76 bits per heavy atom. The third-order valence-corrected chi connectivity index (χ3v) is 3.83. The summed E-state index contributed by atoms with van der Waals surface area (Å²) in [4.78, 5) is 0. The van der Waals surface area contributed by atoms with E-state index < -0.39 is 0 Å². The van der Waals surface area contributed by atoms with Gasteiger partial charge >= 0.3 is 0 Å². The van der Waals surface area contributed by atoms with Gasteiger partial charge in [0.25, 0.3) is 0 Å².